The van der Waals surface area contributed by atoms with Crippen LogP contribution in [0.2, 0.25) is 0 Å². The number of benzene rings is 7. The Kier molecular flexibility index (Phi) is 6.39. The van der Waals surface area contributed by atoms with Gasteiger partial charge in [-0.3, -0.25) is 0 Å². The molecular weight excluding hydrogens is 627 g/mol. The Balaban J connectivity index is 1.14. The minimum Gasteiger partial charge on any atom is -0.208 e. The molecule has 50 heavy (non-hydrogen) atoms. The standard InChI is InChI=1S/C46H31N3S/c1-46(2)36-19-9-8-16-34(36)40-35(18-10-20-37(40)46)45-48-43(30-13-4-3-5-14-30)47-44(49-45)31-24-22-29(23-25-31)33-17-11-21-38-41(33)42-32-15-7-6-12-28(32)26-27-39(42)50-38/h3-27H,1-2H3. The summed E-state index contributed by atoms with van der Waals surface area (Å²) in [5.41, 5.74) is 10.3. The highest BCUT2D eigenvalue weighted by Crippen LogP contribution is 2.51. The van der Waals surface area contributed by atoms with Crippen LogP contribution in [0.4, 0.5) is 0 Å². The Hall–Kier alpha value is -5.97. The van der Waals surface area contributed by atoms with Gasteiger partial charge >= 0.3 is 0 Å². The van der Waals surface area contributed by atoms with E-state index >= 15 is 0 Å². The molecular formula is C46H31N3S. The third kappa shape index (κ3) is 4.38. The summed E-state index contributed by atoms with van der Waals surface area (Å²) in [4.78, 5) is 15.4. The van der Waals surface area contributed by atoms with Gasteiger partial charge in [0.2, 0.25) is 0 Å². The van der Waals surface area contributed by atoms with Gasteiger partial charge in [0, 0.05) is 42.3 Å². The third-order valence-electron chi connectivity index (χ3n) is 10.4. The molecule has 9 aromatic rings. The van der Waals surface area contributed by atoms with Crippen LogP contribution in [0.3, 0.4) is 0 Å². The average Bonchev–Trinajstić information content (AvgIpc) is 3.68. The quantitative estimate of drug-likeness (QED) is 0.189. The van der Waals surface area contributed by atoms with Crippen molar-refractivity contribution in [3.05, 3.63) is 163 Å². The fourth-order valence-corrected chi connectivity index (χ4v) is 9.06. The molecule has 3 nitrogen and oxygen atoms in total. The number of thiophene rings is 1. The molecule has 0 atom stereocenters. The lowest BCUT2D eigenvalue weighted by Crippen LogP contribution is -2.14. The zero-order valence-electron chi connectivity index (χ0n) is 27.7. The summed E-state index contributed by atoms with van der Waals surface area (Å²) >= 11 is 1.86. The van der Waals surface area contributed by atoms with E-state index in [0.29, 0.717) is 17.5 Å². The smallest absolute Gasteiger partial charge is 0.164 e. The summed E-state index contributed by atoms with van der Waals surface area (Å²) in [7, 11) is 0. The molecule has 0 N–H and O–H groups in total. The van der Waals surface area contributed by atoms with Crippen molar-refractivity contribution in [2.75, 3.05) is 0 Å². The van der Waals surface area contributed by atoms with Crippen molar-refractivity contribution in [2.24, 2.45) is 0 Å². The van der Waals surface area contributed by atoms with Gasteiger partial charge in [-0.25, -0.2) is 15.0 Å². The fraction of sp³-hybridized carbons (Fsp3) is 0.0652. The molecule has 0 spiro atoms. The molecule has 7 aromatic carbocycles. The molecule has 0 radical (unpaired) electrons. The molecule has 0 aliphatic heterocycles. The Morgan fingerprint density at radius 1 is 0.420 bits per heavy atom. The van der Waals surface area contributed by atoms with Crippen LogP contribution < -0.4 is 0 Å². The third-order valence-corrected chi connectivity index (χ3v) is 11.5. The van der Waals surface area contributed by atoms with Crippen LogP contribution in [0.25, 0.3) is 87.4 Å². The van der Waals surface area contributed by atoms with Crippen molar-refractivity contribution in [3.8, 4) is 56.4 Å². The van der Waals surface area contributed by atoms with Gasteiger partial charge in [0.15, 0.2) is 17.5 Å². The van der Waals surface area contributed by atoms with Gasteiger partial charge < -0.3 is 0 Å². The van der Waals surface area contributed by atoms with Gasteiger partial charge in [0.05, 0.1) is 0 Å². The van der Waals surface area contributed by atoms with Crippen molar-refractivity contribution < 1.29 is 0 Å². The zero-order chi connectivity index (χ0) is 33.4. The number of rotatable bonds is 4. The maximum atomic E-state index is 5.20. The van der Waals surface area contributed by atoms with Crippen LogP contribution >= 0.6 is 11.3 Å². The summed E-state index contributed by atoms with van der Waals surface area (Å²) in [6.45, 7) is 4.61. The monoisotopic (exact) mass is 657 g/mol. The molecule has 0 bridgehead atoms. The van der Waals surface area contributed by atoms with E-state index in [1.54, 1.807) is 0 Å². The highest BCUT2D eigenvalue weighted by molar-refractivity contribution is 7.26. The molecule has 2 aromatic heterocycles. The van der Waals surface area contributed by atoms with Gasteiger partial charge in [-0.1, -0.05) is 153 Å². The van der Waals surface area contributed by atoms with Crippen molar-refractivity contribution in [1.29, 1.82) is 0 Å². The molecule has 0 saturated carbocycles. The first-order chi connectivity index (χ1) is 24.5. The summed E-state index contributed by atoms with van der Waals surface area (Å²) in [5.74, 6) is 2.01. The molecule has 0 unspecified atom stereocenters. The Morgan fingerprint density at radius 2 is 1.02 bits per heavy atom. The SMILES string of the molecule is CC1(C)c2ccccc2-c2c(-c3nc(-c4ccccc4)nc(-c4ccc(-c5cccc6sc7ccc8ccccc8c7c56)cc4)n3)cccc21. The lowest BCUT2D eigenvalue weighted by Gasteiger charge is -2.21. The van der Waals surface area contributed by atoms with Crippen LogP contribution in [0, 0.1) is 0 Å². The number of aromatic nitrogens is 3. The largest absolute Gasteiger partial charge is 0.208 e. The van der Waals surface area contributed by atoms with Crippen molar-refractivity contribution in [1.82, 2.24) is 15.0 Å². The summed E-state index contributed by atoms with van der Waals surface area (Å²) in [5, 5.41) is 5.20. The highest BCUT2D eigenvalue weighted by atomic mass is 32.1. The predicted octanol–water partition coefficient (Wildman–Crippen LogP) is 12.4. The molecule has 1 aliphatic carbocycles. The van der Waals surface area contributed by atoms with Gasteiger partial charge in [0.25, 0.3) is 0 Å². The van der Waals surface area contributed by atoms with E-state index in [2.05, 4.69) is 147 Å². The second-order valence-electron chi connectivity index (χ2n) is 13.6. The van der Waals surface area contributed by atoms with E-state index in [-0.39, 0.29) is 5.41 Å². The van der Waals surface area contributed by atoms with E-state index < -0.39 is 0 Å². The average molecular weight is 658 g/mol. The Bertz CT molecular complexity index is 2780. The van der Waals surface area contributed by atoms with Gasteiger partial charge in [-0.2, -0.15) is 0 Å². The topological polar surface area (TPSA) is 38.7 Å². The number of hydrogen-bond acceptors (Lipinski definition) is 4. The Morgan fingerprint density at radius 3 is 1.86 bits per heavy atom. The van der Waals surface area contributed by atoms with Crippen LogP contribution in [0.1, 0.15) is 25.0 Å². The lowest BCUT2D eigenvalue weighted by molar-refractivity contribution is 0.660. The summed E-state index contributed by atoms with van der Waals surface area (Å²) < 4.78 is 2.61. The van der Waals surface area contributed by atoms with E-state index in [1.165, 1.54) is 64.3 Å². The minimum absolute atomic E-state index is 0.112. The van der Waals surface area contributed by atoms with Gasteiger partial charge in [0.1, 0.15) is 0 Å². The number of fused-ring (bicyclic) bond motifs is 8. The zero-order valence-corrected chi connectivity index (χ0v) is 28.5. The second-order valence-corrected chi connectivity index (χ2v) is 14.7. The molecule has 0 saturated heterocycles. The molecule has 4 heteroatoms. The Labute approximate surface area is 294 Å². The van der Waals surface area contributed by atoms with Crippen molar-refractivity contribution in [2.45, 2.75) is 19.3 Å². The first kappa shape index (κ1) is 29.0. The fourth-order valence-electron chi connectivity index (χ4n) is 7.91. The molecule has 0 fully saturated rings. The van der Waals surface area contributed by atoms with E-state index in [9.17, 15) is 0 Å². The van der Waals surface area contributed by atoms with Crippen molar-refractivity contribution in [3.63, 3.8) is 0 Å². The molecule has 0 amide bonds. The predicted molar refractivity (Wildman–Crippen MR) is 210 cm³/mol. The van der Waals surface area contributed by atoms with Crippen LogP contribution in [-0.2, 0) is 5.41 Å². The summed E-state index contributed by atoms with van der Waals surface area (Å²) in [6.07, 6.45) is 0. The number of nitrogens with zero attached hydrogens (tertiary/aromatic N) is 3. The van der Waals surface area contributed by atoms with Gasteiger partial charge in [-0.15, -0.1) is 11.3 Å². The van der Waals surface area contributed by atoms with Crippen LogP contribution in [-0.4, -0.2) is 15.0 Å². The van der Waals surface area contributed by atoms with E-state index in [1.807, 2.05) is 29.5 Å². The highest BCUT2D eigenvalue weighted by Gasteiger charge is 2.37. The van der Waals surface area contributed by atoms with Crippen molar-refractivity contribution >= 4 is 42.3 Å². The first-order valence-electron chi connectivity index (χ1n) is 17.0. The minimum atomic E-state index is -0.112. The molecule has 1 aliphatic rings. The molecule has 2 heterocycles. The van der Waals surface area contributed by atoms with E-state index in [4.69, 9.17) is 15.0 Å². The number of hydrogen-bond donors (Lipinski definition) is 0. The maximum Gasteiger partial charge on any atom is 0.164 e. The van der Waals surface area contributed by atoms with E-state index in [0.717, 1.165) is 16.7 Å². The van der Waals surface area contributed by atoms with Crippen LogP contribution in [0.5, 0.6) is 0 Å². The maximum absolute atomic E-state index is 5.20. The lowest BCUT2D eigenvalue weighted by atomic mass is 9.82. The second kappa shape index (κ2) is 11.0. The summed E-state index contributed by atoms with van der Waals surface area (Å²) in [6, 6.07) is 54.1. The normalized spacial score (nSPS) is 13.2. The van der Waals surface area contributed by atoms with Crippen LogP contribution in [0.15, 0.2) is 152 Å². The first-order valence-corrected chi connectivity index (χ1v) is 17.9. The molecule has 10 rings (SSSR count). The van der Waals surface area contributed by atoms with Gasteiger partial charge in [-0.05, 0) is 56.3 Å². The molecule has 236 valence electrons.